The molecule has 5 nitrogen and oxygen atoms in total. The van der Waals surface area contributed by atoms with Gasteiger partial charge in [0, 0.05) is 19.8 Å². The van der Waals surface area contributed by atoms with E-state index in [4.69, 9.17) is 14.2 Å². The van der Waals surface area contributed by atoms with Gasteiger partial charge in [-0.25, -0.2) is 0 Å². The fourth-order valence-electron chi connectivity index (χ4n) is 1.35. The van der Waals surface area contributed by atoms with Crippen LogP contribution in [-0.4, -0.2) is 40.1 Å². The minimum Gasteiger partial charge on any atom is -0.496 e. The Labute approximate surface area is 115 Å². The van der Waals surface area contributed by atoms with Crippen molar-refractivity contribution in [1.29, 1.82) is 0 Å². The average molecular weight is 318 g/mol. The summed E-state index contributed by atoms with van der Waals surface area (Å²) in [6.45, 7) is 0.287. The van der Waals surface area contributed by atoms with E-state index in [1.807, 2.05) is 0 Å². The van der Waals surface area contributed by atoms with Crippen molar-refractivity contribution in [2.45, 2.75) is 6.29 Å². The van der Waals surface area contributed by atoms with Gasteiger partial charge in [-0.2, -0.15) is 0 Å². The number of hydrogen-bond donors (Lipinski definition) is 1. The van der Waals surface area contributed by atoms with E-state index in [-0.39, 0.29) is 12.5 Å². The summed E-state index contributed by atoms with van der Waals surface area (Å²) in [5.74, 6) is 0.482. The maximum absolute atomic E-state index is 11.8. The van der Waals surface area contributed by atoms with Crippen LogP contribution in [-0.2, 0) is 9.47 Å². The molecule has 1 N–H and O–H groups in total. The quantitative estimate of drug-likeness (QED) is 0.813. The number of carbonyl (C=O) groups is 1. The molecule has 1 aromatic carbocycles. The van der Waals surface area contributed by atoms with Crippen molar-refractivity contribution < 1.29 is 19.0 Å². The third-order valence-electron chi connectivity index (χ3n) is 2.37. The zero-order chi connectivity index (χ0) is 13.5. The molecule has 18 heavy (non-hydrogen) atoms. The van der Waals surface area contributed by atoms with Gasteiger partial charge in [-0.3, -0.25) is 4.79 Å². The van der Waals surface area contributed by atoms with E-state index in [1.165, 1.54) is 14.2 Å². The van der Waals surface area contributed by atoms with Crippen molar-refractivity contribution in [3.8, 4) is 5.75 Å². The number of ether oxygens (including phenoxy) is 3. The lowest BCUT2D eigenvalue weighted by Crippen LogP contribution is -2.34. The molecule has 1 rings (SSSR count). The topological polar surface area (TPSA) is 56.8 Å². The maximum atomic E-state index is 11.8. The van der Waals surface area contributed by atoms with E-state index in [0.29, 0.717) is 11.3 Å². The molecule has 0 bridgehead atoms. The fraction of sp³-hybridized carbons (Fsp3) is 0.417. The molecule has 100 valence electrons. The highest BCUT2D eigenvalue weighted by atomic mass is 79.9. The number of methoxy groups -OCH3 is 3. The van der Waals surface area contributed by atoms with Gasteiger partial charge in [0.2, 0.25) is 0 Å². The number of hydrogen-bond acceptors (Lipinski definition) is 4. The Balaban J connectivity index is 2.64. The van der Waals surface area contributed by atoms with Crippen molar-refractivity contribution in [2.24, 2.45) is 0 Å². The second kappa shape index (κ2) is 7.35. The third kappa shape index (κ3) is 3.97. The molecule has 0 aromatic heterocycles. The summed E-state index contributed by atoms with van der Waals surface area (Å²) in [5.41, 5.74) is 0.536. The van der Waals surface area contributed by atoms with Crippen molar-refractivity contribution >= 4 is 21.8 Å². The van der Waals surface area contributed by atoms with Gasteiger partial charge in [0.15, 0.2) is 6.29 Å². The normalized spacial score (nSPS) is 10.5. The molecule has 0 spiro atoms. The average Bonchev–Trinajstić information content (AvgIpc) is 2.39. The first-order valence-corrected chi connectivity index (χ1v) is 6.09. The largest absolute Gasteiger partial charge is 0.496 e. The number of carbonyl (C=O) groups excluding carboxylic acids is 1. The van der Waals surface area contributed by atoms with Crippen LogP contribution < -0.4 is 10.1 Å². The van der Waals surface area contributed by atoms with Gasteiger partial charge in [-0.05, 0) is 34.1 Å². The van der Waals surface area contributed by atoms with E-state index < -0.39 is 6.29 Å². The molecular weight excluding hydrogens is 302 g/mol. The predicted molar refractivity (Wildman–Crippen MR) is 70.8 cm³/mol. The van der Waals surface area contributed by atoms with E-state index in [2.05, 4.69) is 21.2 Å². The molecule has 1 aromatic rings. The lowest BCUT2D eigenvalue weighted by molar-refractivity contribution is -0.0974. The molecule has 0 radical (unpaired) electrons. The number of amides is 1. The van der Waals surface area contributed by atoms with E-state index >= 15 is 0 Å². The van der Waals surface area contributed by atoms with Crippen LogP contribution in [0.15, 0.2) is 22.7 Å². The molecule has 0 aliphatic rings. The van der Waals surface area contributed by atoms with Gasteiger partial charge in [0.05, 0.1) is 18.1 Å². The van der Waals surface area contributed by atoms with Gasteiger partial charge >= 0.3 is 0 Å². The maximum Gasteiger partial charge on any atom is 0.251 e. The molecule has 0 aliphatic carbocycles. The summed E-state index contributed by atoms with van der Waals surface area (Å²) in [6.07, 6.45) is -0.448. The Hall–Kier alpha value is -1.11. The predicted octanol–water partition coefficient (Wildman–Crippen LogP) is 1.81. The minimum absolute atomic E-state index is 0.197. The molecule has 6 heteroatoms. The van der Waals surface area contributed by atoms with Gasteiger partial charge in [0.1, 0.15) is 5.75 Å². The van der Waals surface area contributed by atoms with E-state index in [9.17, 15) is 4.79 Å². The molecule has 0 aliphatic heterocycles. The lowest BCUT2D eigenvalue weighted by Gasteiger charge is -2.14. The molecule has 1 amide bonds. The molecular formula is C12H16BrNO4. The monoisotopic (exact) mass is 317 g/mol. The van der Waals surface area contributed by atoms with Crippen LogP contribution in [0.2, 0.25) is 0 Å². The number of halogens is 1. The van der Waals surface area contributed by atoms with Crippen LogP contribution in [0.3, 0.4) is 0 Å². The van der Waals surface area contributed by atoms with Crippen molar-refractivity contribution in [2.75, 3.05) is 27.9 Å². The van der Waals surface area contributed by atoms with Crippen LogP contribution in [0, 0.1) is 0 Å². The van der Waals surface area contributed by atoms with Crippen molar-refractivity contribution in [3.05, 3.63) is 28.2 Å². The summed E-state index contributed by atoms with van der Waals surface area (Å²) >= 11 is 3.33. The Morgan fingerprint density at radius 3 is 2.50 bits per heavy atom. The standard InChI is InChI=1S/C12H16BrNO4/c1-16-10-5-4-8(6-9(10)13)12(15)14-7-11(17-2)18-3/h4-6,11H,7H2,1-3H3,(H,14,15). The lowest BCUT2D eigenvalue weighted by atomic mass is 10.2. The number of rotatable bonds is 6. The molecule has 0 atom stereocenters. The second-order valence-electron chi connectivity index (χ2n) is 3.46. The highest BCUT2D eigenvalue weighted by Crippen LogP contribution is 2.25. The fourth-order valence-corrected chi connectivity index (χ4v) is 1.89. The number of benzene rings is 1. The van der Waals surface area contributed by atoms with Crippen LogP contribution in [0.4, 0.5) is 0 Å². The van der Waals surface area contributed by atoms with E-state index in [1.54, 1.807) is 25.3 Å². The summed E-state index contributed by atoms with van der Waals surface area (Å²) in [7, 11) is 4.61. The second-order valence-corrected chi connectivity index (χ2v) is 4.31. The summed E-state index contributed by atoms with van der Waals surface area (Å²) in [5, 5.41) is 2.71. The summed E-state index contributed by atoms with van der Waals surface area (Å²) < 4.78 is 15.8. The van der Waals surface area contributed by atoms with Crippen LogP contribution in [0.25, 0.3) is 0 Å². The first-order chi connectivity index (χ1) is 8.62. The van der Waals surface area contributed by atoms with E-state index in [0.717, 1.165) is 4.47 Å². The molecule has 0 saturated heterocycles. The van der Waals surface area contributed by atoms with Gasteiger partial charge in [0.25, 0.3) is 5.91 Å². The van der Waals surface area contributed by atoms with Crippen LogP contribution in [0.5, 0.6) is 5.75 Å². The Bertz CT molecular complexity index is 407. The van der Waals surface area contributed by atoms with Crippen LogP contribution >= 0.6 is 15.9 Å². The molecule has 0 fully saturated rings. The molecule has 0 saturated carbocycles. The Kier molecular flexibility index (Phi) is 6.11. The minimum atomic E-state index is -0.448. The SMILES string of the molecule is COc1ccc(C(=O)NCC(OC)OC)cc1Br. The third-order valence-corrected chi connectivity index (χ3v) is 2.99. The first-order valence-electron chi connectivity index (χ1n) is 5.29. The summed E-state index contributed by atoms with van der Waals surface area (Å²) in [6, 6.07) is 5.11. The van der Waals surface area contributed by atoms with Crippen molar-refractivity contribution in [3.63, 3.8) is 0 Å². The summed E-state index contributed by atoms with van der Waals surface area (Å²) in [4.78, 5) is 11.8. The van der Waals surface area contributed by atoms with Crippen molar-refractivity contribution in [1.82, 2.24) is 5.32 Å². The molecule has 0 unspecified atom stereocenters. The Morgan fingerprint density at radius 1 is 1.33 bits per heavy atom. The highest BCUT2D eigenvalue weighted by molar-refractivity contribution is 9.10. The smallest absolute Gasteiger partial charge is 0.251 e. The number of nitrogens with one attached hydrogen (secondary N) is 1. The zero-order valence-electron chi connectivity index (χ0n) is 10.5. The Morgan fingerprint density at radius 2 is 2.00 bits per heavy atom. The van der Waals surface area contributed by atoms with Gasteiger partial charge in [-0.1, -0.05) is 0 Å². The van der Waals surface area contributed by atoms with Gasteiger partial charge < -0.3 is 19.5 Å². The van der Waals surface area contributed by atoms with Gasteiger partial charge in [-0.15, -0.1) is 0 Å². The zero-order valence-corrected chi connectivity index (χ0v) is 12.1. The van der Waals surface area contributed by atoms with Crippen LogP contribution in [0.1, 0.15) is 10.4 Å². The molecule has 0 heterocycles. The first kappa shape index (κ1) is 14.9. The highest BCUT2D eigenvalue weighted by Gasteiger charge is 2.11.